The van der Waals surface area contributed by atoms with Crippen molar-refractivity contribution in [3.63, 3.8) is 0 Å². The Labute approximate surface area is 150 Å². The van der Waals surface area contributed by atoms with Gasteiger partial charge in [0.1, 0.15) is 18.2 Å². The zero-order chi connectivity index (χ0) is 17.5. The van der Waals surface area contributed by atoms with Crippen LogP contribution in [0.15, 0.2) is 48.5 Å². The molecule has 2 aromatic carbocycles. The summed E-state index contributed by atoms with van der Waals surface area (Å²) in [6.07, 6.45) is 0.640. The monoisotopic (exact) mass is 358 g/mol. The molecule has 7 heteroatoms. The van der Waals surface area contributed by atoms with Crippen LogP contribution in [-0.2, 0) is 6.42 Å². The molecule has 0 saturated carbocycles. The molecular formula is C18H19ClN4O2. The predicted octanol–water partition coefficient (Wildman–Crippen LogP) is 3.14. The van der Waals surface area contributed by atoms with E-state index in [0.29, 0.717) is 36.9 Å². The molecule has 2 amide bonds. The number of para-hydroxylation sites is 2. The third-order valence-electron chi connectivity index (χ3n) is 3.54. The van der Waals surface area contributed by atoms with Crippen LogP contribution in [0.2, 0.25) is 5.02 Å². The van der Waals surface area contributed by atoms with E-state index in [0.717, 1.165) is 16.9 Å². The van der Waals surface area contributed by atoms with E-state index in [4.69, 9.17) is 16.3 Å². The molecule has 0 radical (unpaired) electrons. The molecule has 0 atom stereocenters. The van der Waals surface area contributed by atoms with Gasteiger partial charge in [-0.1, -0.05) is 29.8 Å². The minimum absolute atomic E-state index is 0.231. The smallest absolute Gasteiger partial charge is 0.314 e. The van der Waals surface area contributed by atoms with E-state index in [1.807, 2.05) is 36.4 Å². The van der Waals surface area contributed by atoms with E-state index >= 15 is 0 Å². The first-order valence-corrected chi connectivity index (χ1v) is 8.42. The summed E-state index contributed by atoms with van der Waals surface area (Å²) in [5.41, 5.74) is 1.93. The molecule has 3 aromatic rings. The highest BCUT2D eigenvalue weighted by molar-refractivity contribution is 6.30. The van der Waals surface area contributed by atoms with Gasteiger partial charge in [0.25, 0.3) is 0 Å². The molecule has 6 nitrogen and oxygen atoms in total. The van der Waals surface area contributed by atoms with E-state index in [2.05, 4.69) is 20.6 Å². The molecule has 130 valence electrons. The van der Waals surface area contributed by atoms with Gasteiger partial charge >= 0.3 is 6.03 Å². The minimum atomic E-state index is -0.231. The first kappa shape index (κ1) is 17.1. The molecule has 25 heavy (non-hydrogen) atoms. The number of nitrogens with one attached hydrogen (secondary N) is 3. The van der Waals surface area contributed by atoms with E-state index in [-0.39, 0.29) is 6.03 Å². The number of hydrogen-bond donors (Lipinski definition) is 3. The lowest BCUT2D eigenvalue weighted by Gasteiger charge is -2.09. The Morgan fingerprint density at radius 2 is 1.96 bits per heavy atom. The number of ether oxygens (including phenoxy) is 1. The zero-order valence-electron chi connectivity index (χ0n) is 13.6. The van der Waals surface area contributed by atoms with Gasteiger partial charge in [-0.15, -0.1) is 0 Å². The van der Waals surface area contributed by atoms with Crippen LogP contribution in [0.3, 0.4) is 0 Å². The molecular weight excluding hydrogens is 340 g/mol. The second kappa shape index (κ2) is 8.39. The highest BCUT2D eigenvalue weighted by atomic mass is 35.5. The van der Waals surface area contributed by atoms with Gasteiger partial charge in [0, 0.05) is 18.0 Å². The predicted molar refractivity (Wildman–Crippen MR) is 98.1 cm³/mol. The number of carbonyl (C=O) groups excluding carboxylic acids is 1. The molecule has 3 N–H and O–H groups in total. The Bertz CT molecular complexity index is 817. The summed E-state index contributed by atoms with van der Waals surface area (Å²) in [7, 11) is 0. The maximum Gasteiger partial charge on any atom is 0.314 e. The van der Waals surface area contributed by atoms with Gasteiger partial charge in [0.15, 0.2) is 0 Å². The summed E-state index contributed by atoms with van der Waals surface area (Å²) < 4.78 is 5.50. The van der Waals surface area contributed by atoms with Crippen molar-refractivity contribution in [1.82, 2.24) is 20.6 Å². The molecule has 0 aliphatic rings. The third kappa shape index (κ3) is 5.12. The number of carbonyl (C=O) groups is 1. The number of urea groups is 1. The fraction of sp³-hybridized carbons (Fsp3) is 0.222. The Morgan fingerprint density at radius 3 is 2.80 bits per heavy atom. The van der Waals surface area contributed by atoms with Crippen LogP contribution >= 0.6 is 11.6 Å². The van der Waals surface area contributed by atoms with Crippen molar-refractivity contribution >= 4 is 28.7 Å². The van der Waals surface area contributed by atoms with Crippen LogP contribution in [0, 0.1) is 0 Å². The molecule has 0 unspecified atom stereocenters. The number of hydrogen-bond acceptors (Lipinski definition) is 3. The van der Waals surface area contributed by atoms with E-state index in [1.54, 1.807) is 12.1 Å². The highest BCUT2D eigenvalue weighted by Crippen LogP contribution is 2.16. The maximum absolute atomic E-state index is 11.7. The topological polar surface area (TPSA) is 79.0 Å². The number of imidazole rings is 1. The number of nitrogens with zero attached hydrogens (tertiary/aromatic N) is 1. The SMILES string of the molecule is O=C(NCCOc1cccc(Cl)c1)NCCc1nc2ccccc2[nH]1. The Kier molecular flexibility index (Phi) is 5.74. The average Bonchev–Trinajstić information content (AvgIpc) is 3.01. The molecule has 0 aliphatic carbocycles. The number of H-pyrrole nitrogens is 1. The van der Waals surface area contributed by atoms with Crippen LogP contribution < -0.4 is 15.4 Å². The van der Waals surface area contributed by atoms with Crippen LogP contribution in [0.5, 0.6) is 5.75 Å². The first-order valence-electron chi connectivity index (χ1n) is 8.04. The van der Waals surface area contributed by atoms with Gasteiger partial charge in [-0.05, 0) is 30.3 Å². The van der Waals surface area contributed by atoms with Crippen LogP contribution in [0.1, 0.15) is 5.82 Å². The number of aromatic nitrogens is 2. The van der Waals surface area contributed by atoms with Gasteiger partial charge in [0.2, 0.25) is 0 Å². The number of fused-ring (bicyclic) bond motifs is 1. The number of rotatable bonds is 7. The number of aromatic amines is 1. The van der Waals surface area contributed by atoms with E-state index in [1.165, 1.54) is 0 Å². The third-order valence-corrected chi connectivity index (χ3v) is 3.77. The normalized spacial score (nSPS) is 10.6. The molecule has 1 aromatic heterocycles. The zero-order valence-corrected chi connectivity index (χ0v) is 14.3. The largest absolute Gasteiger partial charge is 0.492 e. The van der Waals surface area contributed by atoms with Crippen molar-refractivity contribution in [2.45, 2.75) is 6.42 Å². The van der Waals surface area contributed by atoms with Gasteiger partial charge in [0.05, 0.1) is 17.6 Å². The van der Waals surface area contributed by atoms with E-state index in [9.17, 15) is 4.79 Å². The summed E-state index contributed by atoms with van der Waals surface area (Å²) >= 11 is 5.87. The molecule has 0 saturated heterocycles. The molecule has 0 fully saturated rings. The lowest BCUT2D eigenvalue weighted by atomic mass is 10.3. The summed E-state index contributed by atoms with van der Waals surface area (Å²) in [6, 6.07) is 14.8. The summed E-state index contributed by atoms with van der Waals surface area (Å²) in [5, 5.41) is 6.16. The van der Waals surface area contributed by atoms with Gasteiger partial charge in [-0.25, -0.2) is 9.78 Å². The Morgan fingerprint density at radius 1 is 1.12 bits per heavy atom. The van der Waals surface area contributed by atoms with Crippen molar-refractivity contribution < 1.29 is 9.53 Å². The minimum Gasteiger partial charge on any atom is -0.492 e. The standard InChI is InChI=1S/C18H19ClN4O2/c19-13-4-3-5-14(12-13)25-11-10-21-18(24)20-9-8-17-22-15-6-1-2-7-16(15)23-17/h1-7,12H,8-11H2,(H,22,23)(H2,20,21,24). The first-order chi connectivity index (χ1) is 12.2. The summed E-state index contributed by atoms with van der Waals surface area (Å²) in [4.78, 5) is 19.4. The van der Waals surface area contributed by atoms with Crippen LogP contribution in [0.4, 0.5) is 4.79 Å². The lowest BCUT2D eigenvalue weighted by Crippen LogP contribution is -2.38. The van der Waals surface area contributed by atoms with Crippen molar-refractivity contribution in [1.29, 1.82) is 0 Å². The fourth-order valence-electron chi connectivity index (χ4n) is 2.37. The molecule has 3 rings (SSSR count). The van der Waals surface area contributed by atoms with E-state index < -0.39 is 0 Å². The van der Waals surface area contributed by atoms with Gasteiger partial charge in [-0.2, -0.15) is 0 Å². The Balaban J connectivity index is 1.32. The molecule has 0 bridgehead atoms. The fourth-order valence-corrected chi connectivity index (χ4v) is 2.55. The molecule has 1 heterocycles. The molecule has 0 spiro atoms. The Hall–Kier alpha value is -2.73. The van der Waals surface area contributed by atoms with Crippen molar-refractivity contribution in [2.75, 3.05) is 19.7 Å². The second-order valence-electron chi connectivity index (χ2n) is 5.44. The van der Waals surface area contributed by atoms with Crippen molar-refractivity contribution in [2.24, 2.45) is 0 Å². The molecule has 0 aliphatic heterocycles. The van der Waals surface area contributed by atoms with Gasteiger partial charge in [-0.3, -0.25) is 0 Å². The lowest BCUT2D eigenvalue weighted by molar-refractivity contribution is 0.236. The number of halogens is 1. The number of amides is 2. The van der Waals surface area contributed by atoms with Crippen molar-refractivity contribution in [3.05, 3.63) is 59.4 Å². The second-order valence-corrected chi connectivity index (χ2v) is 5.88. The van der Waals surface area contributed by atoms with Crippen LogP contribution in [0.25, 0.3) is 11.0 Å². The van der Waals surface area contributed by atoms with Gasteiger partial charge < -0.3 is 20.4 Å². The average molecular weight is 359 g/mol. The highest BCUT2D eigenvalue weighted by Gasteiger charge is 2.04. The van der Waals surface area contributed by atoms with Crippen molar-refractivity contribution in [3.8, 4) is 5.75 Å². The summed E-state index contributed by atoms with van der Waals surface area (Å²) in [5.74, 6) is 1.53. The quantitative estimate of drug-likeness (QED) is 0.568. The van der Waals surface area contributed by atoms with Crippen LogP contribution in [-0.4, -0.2) is 35.7 Å². The summed E-state index contributed by atoms with van der Waals surface area (Å²) in [6.45, 7) is 1.28. The maximum atomic E-state index is 11.7. The number of benzene rings is 2.